The molecule has 0 aromatic heterocycles. The van der Waals surface area contributed by atoms with Crippen LogP contribution in [0.2, 0.25) is 0 Å². The minimum Gasteiger partial charge on any atom is -0.462 e. The number of carbonyl (C=O) groups excluding carboxylic acids is 2. The van der Waals surface area contributed by atoms with Gasteiger partial charge in [-0.1, -0.05) is 0 Å². The Morgan fingerprint density at radius 3 is 2.54 bits per heavy atom. The minimum absolute atomic E-state index is 0.104. The number of amides is 1. The van der Waals surface area contributed by atoms with E-state index < -0.39 is 11.9 Å². The highest BCUT2D eigenvalue weighted by molar-refractivity contribution is 6.32. The smallest absolute Gasteiger partial charge is 0.396 e. The molecule has 0 atom stereocenters. The van der Waals surface area contributed by atoms with E-state index in [1.807, 2.05) is 0 Å². The van der Waals surface area contributed by atoms with Gasteiger partial charge in [0.15, 0.2) is 0 Å². The van der Waals surface area contributed by atoms with Crippen LogP contribution in [-0.2, 0) is 14.3 Å². The van der Waals surface area contributed by atoms with Crippen LogP contribution >= 0.6 is 0 Å². The maximum Gasteiger partial charge on any atom is 0.396 e. The van der Waals surface area contributed by atoms with Crippen molar-refractivity contribution in [2.24, 2.45) is 0 Å². The Balaban J connectivity index is 2.30. The van der Waals surface area contributed by atoms with Crippen molar-refractivity contribution in [1.29, 1.82) is 0 Å². The van der Waals surface area contributed by atoms with Crippen LogP contribution in [0.5, 0.6) is 0 Å². The van der Waals surface area contributed by atoms with Crippen molar-refractivity contribution in [3.63, 3.8) is 0 Å². The number of nitrogens with one attached hydrogen (secondary N) is 2. The van der Waals surface area contributed by atoms with Crippen LogP contribution in [0.4, 0.5) is 0 Å². The van der Waals surface area contributed by atoms with E-state index >= 15 is 0 Å². The molecular weight excluding hydrogens is 172 g/mol. The summed E-state index contributed by atoms with van der Waals surface area (Å²) in [4.78, 5) is 21.8. The lowest BCUT2D eigenvalue weighted by Gasteiger charge is -2.22. The monoisotopic (exact) mass is 186 g/mol. The standard InChI is InChI=1S/C8H14N2O3/c1-13-8(12)7(11)10-6-2-4-9-5-3-6/h6,9H,2-5H2,1H3,(H,10,11). The van der Waals surface area contributed by atoms with E-state index in [-0.39, 0.29) is 6.04 Å². The number of piperidine rings is 1. The van der Waals surface area contributed by atoms with Gasteiger partial charge in [0.1, 0.15) is 0 Å². The average molecular weight is 186 g/mol. The van der Waals surface area contributed by atoms with Crippen LogP contribution in [-0.4, -0.2) is 38.1 Å². The van der Waals surface area contributed by atoms with Gasteiger partial charge in [0.2, 0.25) is 0 Å². The number of hydrogen-bond donors (Lipinski definition) is 2. The van der Waals surface area contributed by atoms with Gasteiger partial charge in [0.05, 0.1) is 7.11 Å². The molecule has 2 N–H and O–H groups in total. The molecule has 0 aromatic rings. The van der Waals surface area contributed by atoms with Crippen LogP contribution in [0.25, 0.3) is 0 Å². The molecule has 1 heterocycles. The molecule has 1 saturated heterocycles. The van der Waals surface area contributed by atoms with Crippen molar-refractivity contribution in [3.05, 3.63) is 0 Å². The normalized spacial score (nSPS) is 17.9. The van der Waals surface area contributed by atoms with Crippen LogP contribution in [0.3, 0.4) is 0 Å². The summed E-state index contributed by atoms with van der Waals surface area (Å²) >= 11 is 0. The third-order valence-corrected chi connectivity index (χ3v) is 2.05. The lowest BCUT2D eigenvalue weighted by Crippen LogP contribution is -2.45. The topological polar surface area (TPSA) is 67.4 Å². The molecule has 1 fully saturated rings. The van der Waals surface area contributed by atoms with Crippen molar-refractivity contribution in [2.45, 2.75) is 18.9 Å². The molecule has 0 aromatic carbocycles. The predicted molar refractivity (Wildman–Crippen MR) is 46.1 cm³/mol. The number of rotatable bonds is 1. The molecule has 0 saturated carbocycles. The van der Waals surface area contributed by atoms with Crippen molar-refractivity contribution >= 4 is 11.9 Å². The molecule has 0 unspecified atom stereocenters. The van der Waals surface area contributed by atoms with Crippen LogP contribution < -0.4 is 10.6 Å². The summed E-state index contributed by atoms with van der Waals surface area (Å²) in [6.45, 7) is 1.76. The van der Waals surface area contributed by atoms with E-state index in [9.17, 15) is 9.59 Å². The lowest BCUT2D eigenvalue weighted by molar-refractivity contribution is -0.153. The average Bonchev–Trinajstić information content (AvgIpc) is 2.18. The highest BCUT2D eigenvalue weighted by Gasteiger charge is 2.20. The van der Waals surface area contributed by atoms with Gasteiger partial charge in [0, 0.05) is 6.04 Å². The Bertz CT molecular complexity index is 200. The van der Waals surface area contributed by atoms with Crippen molar-refractivity contribution in [1.82, 2.24) is 10.6 Å². The Kier molecular flexibility index (Phi) is 3.70. The molecule has 0 aliphatic carbocycles. The Labute approximate surface area is 76.8 Å². The molecule has 1 aliphatic heterocycles. The minimum atomic E-state index is -0.821. The van der Waals surface area contributed by atoms with Gasteiger partial charge in [-0.2, -0.15) is 0 Å². The fourth-order valence-corrected chi connectivity index (χ4v) is 1.30. The van der Waals surface area contributed by atoms with Gasteiger partial charge in [-0.3, -0.25) is 4.79 Å². The molecule has 13 heavy (non-hydrogen) atoms. The van der Waals surface area contributed by atoms with E-state index in [4.69, 9.17) is 0 Å². The van der Waals surface area contributed by atoms with Gasteiger partial charge >= 0.3 is 11.9 Å². The predicted octanol–water partition coefficient (Wildman–Crippen LogP) is -0.972. The number of esters is 1. The molecule has 1 aliphatic rings. The zero-order valence-electron chi connectivity index (χ0n) is 7.63. The van der Waals surface area contributed by atoms with Gasteiger partial charge in [0.25, 0.3) is 0 Å². The SMILES string of the molecule is COC(=O)C(=O)NC1CCNCC1. The Morgan fingerprint density at radius 1 is 1.38 bits per heavy atom. The fraction of sp³-hybridized carbons (Fsp3) is 0.750. The van der Waals surface area contributed by atoms with Crippen molar-refractivity contribution in [2.75, 3.05) is 20.2 Å². The molecule has 74 valence electrons. The Hall–Kier alpha value is -1.10. The summed E-state index contributed by atoms with van der Waals surface area (Å²) in [5.74, 6) is -1.46. The highest BCUT2D eigenvalue weighted by atomic mass is 16.5. The molecule has 1 rings (SSSR count). The van der Waals surface area contributed by atoms with Crippen molar-refractivity contribution < 1.29 is 14.3 Å². The number of hydrogen-bond acceptors (Lipinski definition) is 4. The van der Waals surface area contributed by atoms with E-state index in [0.29, 0.717) is 0 Å². The first kappa shape index (κ1) is 9.98. The zero-order chi connectivity index (χ0) is 9.68. The summed E-state index contributed by atoms with van der Waals surface area (Å²) in [5.41, 5.74) is 0. The number of carbonyl (C=O) groups is 2. The van der Waals surface area contributed by atoms with Crippen LogP contribution in [0.1, 0.15) is 12.8 Å². The molecule has 5 heteroatoms. The number of ether oxygens (including phenoxy) is 1. The zero-order valence-corrected chi connectivity index (χ0v) is 7.63. The van der Waals surface area contributed by atoms with Crippen LogP contribution in [0.15, 0.2) is 0 Å². The summed E-state index contributed by atoms with van der Waals surface area (Å²) in [5, 5.41) is 5.78. The third-order valence-electron chi connectivity index (χ3n) is 2.05. The number of methoxy groups -OCH3 is 1. The van der Waals surface area contributed by atoms with E-state index in [0.717, 1.165) is 25.9 Å². The first-order valence-electron chi connectivity index (χ1n) is 4.33. The second-order valence-electron chi connectivity index (χ2n) is 2.99. The molecule has 5 nitrogen and oxygen atoms in total. The maximum atomic E-state index is 11.0. The Morgan fingerprint density at radius 2 is 2.00 bits per heavy atom. The van der Waals surface area contributed by atoms with Crippen molar-refractivity contribution in [3.8, 4) is 0 Å². The quantitative estimate of drug-likeness (QED) is 0.408. The van der Waals surface area contributed by atoms with Gasteiger partial charge < -0.3 is 15.4 Å². The van der Waals surface area contributed by atoms with E-state index in [2.05, 4.69) is 15.4 Å². The third kappa shape index (κ3) is 3.02. The highest BCUT2D eigenvalue weighted by Crippen LogP contribution is 2.01. The van der Waals surface area contributed by atoms with Crippen LogP contribution in [0, 0.1) is 0 Å². The summed E-state index contributed by atoms with van der Waals surface area (Å²) in [7, 11) is 1.20. The first-order valence-corrected chi connectivity index (χ1v) is 4.33. The van der Waals surface area contributed by atoms with Gasteiger partial charge in [-0.15, -0.1) is 0 Å². The molecule has 1 amide bonds. The molecule has 0 spiro atoms. The van der Waals surface area contributed by atoms with E-state index in [1.54, 1.807) is 0 Å². The second-order valence-corrected chi connectivity index (χ2v) is 2.99. The second kappa shape index (κ2) is 4.81. The molecule has 0 bridgehead atoms. The summed E-state index contributed by atoms with van der Waals surface area (Å²) in [6.07, 6.45) is 1.73. The maximum absolute atomic E-state index is 11.0. The van der Waals surface area contributed by atoms with Gasteiger partial charge in [-0.25, -0.2) is 4.79 Å². The van der Waals surface area contributed by atoms with Gasteiger partial charge in [-0.05, 0) is 25.9 Å². The largest absolute Gasteiger partial charge is 0.462 e. The summed E-state index contributed by atoms with van der Waals surface area (Å²) < 4.78 is 4.29. The first-order chi connectivity index (χ1) is 6.24. The van der Waals surface area contributed by atoms with E-state index in [1.165, 1.54) is 7.11 Å². The lowest BCUT2D eigenvalue weighted by atomic mass is 10.1. The molecule has 0 radical (unpaired) electrons. The molecular formula is C8H14N2O3. The summed E-state index contributed by atoms with van der Waals surface area (Å²) in [6, 6.07) is 0.104. The fourth-order valence-electron chi connectivity index (χ4n) is 1.30.